The fourth-order valence-electron chi connectivity index (χ4n) is 2.86. The third kappa shape index (κ3) is 7.94. The lowest BCUT2D eigenvalue weighted by Gasteiger charge is -2.31. The predicted octanol–water partition coefficient (Wildman–Crippen LogP) is 4.81. The van der Waals surface area contributed by atoms with Crippen molar-refractivity contribution in [3.63, 3.8) is 0 Å². The van der Waals surface area contributed by atoms with Crippen LogP contribution in [0.2, 0.25) is 0 Å². The zero-order valence-electron chi connectivity index (χ0n) is 18.1. The molecule has 29 heavy (non-hydrogen) atoms. The number of hydrogen-bond acceptors (Lipinski definition) is 3. The summed E-state index contributed by atoms with van der Waals surface area (Å²) in [6.07, 6.45) is 0.387. The van der Waals surface area contributed by atoms with Crippen LogP contribution in [-0.2, 0) is 16.1 Å². The Labute approximate surface area is 179 Å². The molecule has 5 heteroatoms. The van der Waals surface area contributed by atoms with Crippen LogP contribution in [0.15, 0.2) is 59.5 Å². The van der Waals surface area contributed by atoms with Gasteiger partial charge in [0.05, 0.1) is 0 Å². The van der Waals surface area contributed by atoms with Crippen molar-refractivity contribution in [3.8, 4) is 0 Å². The van der Waals surface area contributed by atoms with Gasteiger partial charge in [-0.15, -0.1) is 11.8 Å². The lowest BCUT2D eigenvalue weighted by atomic mass is 10.1. The van der Waals surface area contributed by atoms with Crippen LogP contribution in [0.5, 0.6) is 0 Å². The number of benzene rings is 2. The summed E-state index contributed by atoms with van der Waals surface area (Å²) in [5.41, 5.74) is 1.85. The van der Waals surface area contributed by atoms with Crippen LogP contribution >= 0.6 is 11.8 Å². The SMILES string of the molecule is Cc1ccc(CN(C(=O)CCSc2ccccc2)[C@@H](C)C(=O)NC(C)(C)C)cc1. The van der Waals surface area contributed by atoms with Crippen molar-refractivity contribution in [2.45, 2.75) is 64.1 Å². The highest BCUT2D eigenvalue weighted by molar-refractivity contribution is 7.99. The van der Waals surface area contributed by atoms with Crippen molar-refractivity contribution in [1.29, 1.82) is 0 Å². The minimum absolute atomic E-state index is 0.00874. The van der Waals surface area contributed by atoms with Crippen LogP contribution in [0.3, 0.4) is 0 Å². The van der Waals surface area contributed by atoms with E-state index in [0.717, 1.165) is 10.5 Å². The van der Waals surface area contributed by atoms with E-state index in [2.05, 4.69) is 5.32 Å². The Morgan fingerprint density at radius 2 is 1.66 bits per heavy atom. The summed E-state index contributed by atoms with van der Waals surface area (Å²) < 4.78 is 0. The van der Waals surface area contributed by atoms with Crippen LogP contribution in [0.1, 0.15) is 45.2 Å². The molecule has 2 aromatic rings. The van der Waals surface area contributed by atoms with E-state index in [1.54, 1.807) is 23.6 Å². The van der Waals surface area contributed by atoms with E-state index in [9.17, 15) is 9.59 Å². The number of rotatable bonds is 8. The molecule has 0 heterocycles. The summed E-state index contributed by atoms with van der Waals surface area (Å²) in [7, 11) is 0. The Balaban J connectivity index is 2.08. The molecule has 0 radical (unpaired) electrons. The number of thioether (sulfide) groups is 1. The number of nitrogens with one attached hydrogen (secondary N) is 1. The second-order valence-corrected chi connectivity index (χ2v) is 9.50. The van der Waals surface area contributed by atoms with Gasteiger partial charge in [0.15, 0.2) is 0 Å². The molecule has 2 rings (SSSR count). The number of hydrogen-bond donors (Lipinski definition) is 1. The molecular formula is C24H32N2O2S. The molecule has 2 aromatic carbocycles. The monoisotopic (exact) mass is 412 g/mol. The largest absolute Gasteiger partial charge is 0.350 e. The van der Waals surface area contributed by atoms with Crippen molar-refractivity contribution >= 4 is 23.6 Å². The molecule has 0 aromatic heterocycles. The first-order valence-corrected chi connectivity index (χ1v) is 11.0. The number of aryl methyl sites for hydroxylation is 1. The molecule has 0 unspecified atom stereocenters. The molecule has 0 bridgehead atoms. The third-order valence-corrected chi connectivity index (χ3v) is 5.48. The fraction of sp³-hybridized carbons (Fsp3) is 0.417. The van der Waals surface area contributed by atoms with Crippen molar-refractivity contribution in [2.75, 3.05) is 5.75 Å². The maximum absolute atomic E-state index is 13.0. The van der Waals surface area contributed by atoms with Gasteiger partial charge in [0.1, 0.15) is 6.04 Å². The van der Waals surface area contributed by atoms with E-state index in [0.29, 0.717) is 18.7 Å². The molecule has 4 nitrogen and oxygen atoms in total. The first-order valence-electron chi connectivity index (χ1n) is 10.0. The van der Waals surface area contributed by atoms with Gasteiger partial charge in [0, 0.05) is 29.2 Å². The average molecular weight is 413 g/mol. The van der Waals surface area contributed by atoms with E-state index in [1.807, 2.05) is 82.3 Å². The van der Waals surface area contributed by atoms with Gasteiger partial charge in [-0.3, -0.25) is 9.59 Å². The van der Waals surface area contributed by atoms with Gasteiger partial charge in [-0.1, -0.05) is 48.0 Å². The van der Waals surface area contributed by atoms with Crippen LogP contribution in [0.25, 0.3) is 0 Å². The number of carbonyl (C=O) groups is 2. The molecule has 1 N–H and O–H groups in total. The molecule has 0 aliphatic heterocycles. The maximum Gasteiger partial charge on any atom is 0.242 e. The van der Waals surface area contributed by atoms with E-state index in [-0.39, 0.29) is 17.4 Å². The Bertz CT molecular complexity index is 798. The molecule has 1 atom stereocenters. The molecule has 0 spiro atoms. The molecule has 0 fully saturated rings. The first kappa shape index (κ1) is 23.0. The second kappa shape index (κ2) is 10.5. The van der Waals surface area contributed by atoms with Crippen molar-refractivity contribution in [1.82, 2.24) is 10.2 Å². The van der Waals surface area contributed by atoms with Gasteiger partial charge in [0.25, 0.3) is 0 Å². The van der Waals surface area contributed by atoms with Crippen LogP contribution in [0, 0.1) is 6.92 Å². The average Bonchev–Trinajstić information content (AvgIpc) is 2.66. The third-order valence-electron chi connectivity index (χ3n) is 4.47. The van der Waals surface area contributed by atoms with E-state index >= 15 is 0 Å². The summed E-state index contributed by atoms with van der Waals surface area (Å²) in [6.45, 7) is 10.1. The number of amides is 2. The second-order valence-electron chi connectivity index (χ2n) is 8.33. The molecule has 156 valence electrons. The molecule has 2 amide bonds. The topological polar surface area (TPSA) is 49.4 Å². The molecule has 0 saturated carbocycles. The van der Waals surface area contributed by atoms with Crippen LogP contribution in [-0.4, -0.2) is 34.0 Å². The molecular weight excluding hydrogens is 380 g/mol. The smallest absolute Gasteiger partial charge is 0.242 e. The summed E-state index contributed by atoms with van der Waals surface area (Å²) >= 11 is 1.66. The van der Waals surface area contributed by atoms with Crippen LogP contribution in [0.4, 0.5) is 0 Å². The zero-order chi connectivity index (χ0) is 21.4. The van der Waals surface area contributed by atoms with Crippen molar-refractivity contribution in [3.05, 3.63) is 65.7 Å². The standard InChI is InChI=1S/C24H32N2O2S/c1-18-11-13-20(14-12-18)17-26(19(2)23(28)25-24(3,4)5)22(27)15-16-29-21-9-7-6-8-10-21/h6-14,19H,15-17H2,1-5H3,(H,25,28)/t19-/m0/s1. The Kier molecular flexibility index (Phi) is 8.32. The summed E-state index contributed by atoms with van der Waals surface area (Å²) in [5.74, 6) is 0.542. The van der Waals surface area contributed by atoms with E-state index < -0.39 is 6.04 Å². The highest BCUT2D eigenvalue weighted by Crippen LogP contribution is 2.19. The quantitative estimate of drug-likeness (QED) is 0.633. The minimum atomic E-state index is -0.537. The minimum Gasteiger partial charge on any atom is -0.350 e. The zero-order valence-corrected chi connectivity index (χ0v) is 18.9. The highest BCUT2D eigenvalue weighted by atomic mass is 32.2. The Morgan fingerprint density at radius 3 is 2.24 bits per heavy atom. The molecule has 0 aliphatic carbocycles. The summed E-state index contributed by atoms with van der Waals surface area (Å²) in [6, 6.07) is 17.6. The van der Waals surface area contributed by atoms with Gasteiger partial charge in [-0.2, -0.15) is 0 Å². The van der Waals surface area contributed by atoms with Gasteiger partial charge < -0.3 is 10.2 Å². The Morgan fingerprint density at radius 1 is 1.03 bits per heavy atom. The maximum atomic E-state index is 13.0. The Hall–Kier alpha value is -2.27. The summed E-state index contributed by atoms with van der Waals surface area (Å²) in [5, 5.41) is 2.99. The van der Waals surface area contributed by atoms with Gasteiger partial charge in [-0.25, -0.2) is 0 Å². The van der Waals surface area contributed by atoms with Gasteiger partial charge >= 0.3 is 0 Å². The lowest BCUT2D eigenvalue weighted by Crippen LogP contribution is -2.52. The van der Waals surface area contributed by atoms with Crippen molar-refractivity contribution < 1.29 is 9.59 Å². The van der Waals surface area contributed by atoms with Gasteiger partial charge in [0.2, 0.25) is 11.8 Å². The molecule has 0 aliphatic rings. The predicted molar refractivity (Wildman–Crippen MR) is 121 cm³/mol. The van der Waals surface area contributed by atoms with Gasteiger partial charge in [-0.05, 0) is 52.3 Å². The van der Waals surface area contributed by atoms with E-state index in [1.165, 1.54) is 5.56 Å². The molecule has 0 saturated heterocycles. The lowest BCUT2D eigenvalue weighted by molar-refractivity contribution is -0.140. The van der Waals surface area contributed by atoms with E-state index in [4.69, 9.17) is 0 Å². The fourth-order valence-corrected chi connectivity index (χ4v) is 3.73. The normalized spacial score (nSPS) is 12.3. The van der Waals surface area contributed by atoms with Crippen molar-refractivity contribution in [2.24, 2.45) is 0 Å². The first-order chi connectivity index (χ1) is 13.7. The van der Waals surface area contributed by atoms with Crippen LogP contribution < -0.4 is 5.32 Å². The summed E-state index contributed by atoms with van der Waals surface area (Å²) in [4.78, 5) is 28.6. The number of carbonyl (C=O) groups excluding carboxylic acids is 2. The highest BCUT2D eigenvalue weighted by Gasteiger charge is 2.28. The number of nitrogens with zero attached hydrogens (tertiary/aromatic N) is 1.